The Morgan fingerprint density at radius 1 is 0.971 bits per heavy atom. The predicted octanol–water partition coefficient (Wildman–Crippen LogP) is 3.25. The normalized spacial score (nSPS) is 13.8. The van der Waals surface area contributed by atoms with Gasteiger partial charge in [0.25, 0.3) is 5.91 Å². The highest BCUT2D eigenvalue weighted by Crippen LogP contribution is 2.32. The molecule has 4 rings (SSSR count). The molecule has 0 atom stereocenters. The number of primary amides is 1. The highest BCUT2D eigenvalue weighted by Gasteiger charge is 2.22. The maximum absolute atomic E-state index is 12.5. The fraction of sp³-hybridized carbons (Fsp3) is 0.346. The number of nitrogens with two attached hydrogens (primary N) is 2. The Kier molecular flexibility index (Phi) is 7.59. The van der Waals surface area contributed by atoms with Crippen molar-refractivity contribution >= 4 is 39.8 Å². The minimum Gasteiger partial charge on any atom is -0.368 e. The Bertz CT molecular complexity index is 1140. The van der Waals surface area contributed by atoms with E-state index in [0.717, 1.165) is 54.6 Å². The molecule has 1 aliphatic heterocycles. The van der Waals surface area contributed by atoms with E-state index in [1.54, 1.807) is 0 Å². The second-order valence-electron chi connectivity index (χ2n) is 8.57. The summed E-state index contributed by atoms with van der Waals surface area (Å²) in [6, 6.07) is 15.7. The Balaban J connectivity index is 1.52. The first-order valence-electron chi connectivity index (χ1n) is 11.8. The van der Waals surface area contributed by atoms with Gasteiger partial charge in [-0.3, -0.25) is 14.6 Å². The number of nitrogens with zero attached hydrogens (tertiary/aromatic N) is 3. The number of benzene rings is 2. The summed E-state index contributed by atoms with van der Waals surface area (Å²) in [4.78, 5) is 33.3. The van der Waals surface area contributed by atoms with Crippen LogP contribution in [0.2, 0.25) is 0 Å². The van der Waals surface area contributed by atoms with Crippen molar-refractivity contribution in [2.75, 3.05) is 42.9 Å². The molecule has 5 N–H and O–H groups in total. The maximum atomic E-state index is 12.5. The lowest BCUT2D eigenvalue weighted by Crippen LogP contribution is -2.48. The van der Waals surface area contributed by atoms with E-state index in [1.165, 1.54) is 6.20 Å². The van der Waals surface area contributed by atoms with E-state index in [0.29, 0.717) is 37.3 Å². The second kappa shape index (κ2) is 11.0. The number of hydrogen-bond acceptors (Lipinski definition) is 6. The first-order valence-corrected chi connectivity index (χ1v) is 11.8. The fourth-order valence-corrected chi connectivity index (χ4v) is 4.33. The molecule has 0 aliphatic carbocycles. The van der Waals surface area contributed by atoms with Gasteiger partial charge in [0.15, 0.2) is 0 Å². The molecule has 8 nitrogen and oxygen atoms in total. The second-order valence-corrected chi connectivity index (χ2v) is 8.57. The lowest BCUT2D eigenvalue weighted by molar-refractivity contribution is -0.131. The highest BCUT2D eigenvalue weighted by atomic mass is 16.2. The third-order valence-electron chi connectivity index (χ3n) is 6.25. The van der Waals surface area contributed by atoms with Crippen molar-refractivity contribution < 1.29 is 9.59 Å². The molecule has 0 bridgehead atoms. The van der Waals surface area contributed by atoms with Gasteiger partial charge in [-0.2, -0.15) is 0 Å². The smallest absolute Gasteiger partial charge is 0.252 e. The summed E-state index contributed by atoms with van der Waals surface area (Å²) in [6.07, 6.45) is 4.98. The molecule has 2 heterocycles. The van der Waals surface area contributed by atoms with Gasteiger partial charge in [0.1, 0.15) is 0 Å². The monoisotopic (exact) mass is 460 g/mol. The van der Waals surface area contributed by atoms with Crippen molar-refractivity contribution in [2.45, 2.75) is 25.7 Å². The zero-order valence-corrected chi connectivity index (χ0v) is 19.4. The van der Waals surface area contributed by atoms with Gasteiger partial charge in [0.2, 0.25) is 5.91 Å². The van der Waals surface area contributed by atoms with E-state index in [2.05, 4.69) is 15.2 Å². The highest BCUT2D eigenvalue weighted by molar-refractivity contribution is 6.08. The van der Waals surface area contributed by atoms with Crippen molar-refractivity contribution in [3.05, 3.63) is 60.3 Å². The number of aromatic nitrogens is 1. The largest absolute Gasteiger partial charge is 0.368 e. The first kappa shape index (κ1) is 23.5. The molecule has 0 spiro atoms. The number of hydrogen-bond donors (Lipinski definition) is 3. The number of carbonyl (C=O) groups excluding carboxylic acids is 2. The van der Waals surface area contributed by atoms with Crippen molar-refractivity contribution in [1.82, 2.24) is 9.88 Å². The Labute approximate surface area is 199 Å². The summed E-state index contributed by atoms with van der Waals surface area (Å²) < 4.78 is 0. The molecule has 1 aromatic heterocycles. The predicted molar refractivity (Wildman–Crippen MR) is 136 cm³/mol. The van der Waals surface area contributed by atoms with Crippen LogP contribution in [0, 0.1) is 0 Å². The fourth-order valence-electron chi connectivity index (χ4n) is 4.33. The number of piperazine rings is 1. The molecule has 8 heteroatoms. The van der Waals surface area contributed by atoms with Crippen LogP contribution in [-0.4, -0.2) is 54.4 Å². The Morgan fingerprint density at radius 2 is 1.74 bits per heavy atom. The zero-order chi connectivity index (χ0) is 23.9. The Hall–Kier alpha value is -3.65. The SMILES string of the molecule is NCCCCCC(=O)N1CCN(c2ccc3ncc(C(N)=O)c(Nc4ccccc4)c3c2)CC1. The zero-order valence-electron chi connectivity index (χ0n) is 19.4. The standard InChI is InChI=1S/C26H32N6O2/c27-12-6-2-5-9-24(33)32-15-13-31(14-16-32)20-10-11-23-21(17-20)25(22(18-29-23)26(28)34)30-19-7-3-1-4-8-19/h1,3-4,7-8,10-11,17-18H,2,5-6,9,12-16,27H2,(H2,28,34)(H,29,30). The van der Waals surface area contributed by atoms with Gasteiger partial charge in [-0.15, -0.1) is 0 Å². The van der Waals surface area contributed by atoms with Gasteiger partial charge in [-0.1, -0.05) is 24.6 Å². The number of pyridine rings is 1. The molecule has 178 valence electrons. The molecule has 3 aromatic rings. The topological polar surface area (TPSA) is 118 Å². The van der Waals surface area contributed by atoms with Crippen molar-refractivity contribution in [1.29, 1.82) is 0 Å². The van der Waals surface area contributed by atoms with Crippen LogP contribution in [0.5, 0.6) is 0 Å². The molecule has 1 fully saturated rings. The van der Waals surface area contributed by atoms with E-state index in [-0.39, 0.29) is 5.91 Å². The quantitative estimate of drug-likeness (QED) is 0.422. The van der Waals surface area contributed by atoms with Crippen molar-refractivity contribution in [2.24, 2.45) is 11.5 Å². The van der Waals surface area contributed by atoms with Gasteiger partial charge in [0, 0.05) is 55.6 Å². The van der Waals surface area contributed by atoms with Crippen LogP contribution in [0.25, 0.3) is 10.9 Å². The summed E-state index contributed by atoms with van der Waals surface area (Å²) in [5.74, 6) is -0.309. The van der Waals surface area contributed by atoms with Crippen LogP contribution >= 0.6 is 0 Å². The Morgan fingerprint density at radius 3 is 2.44 bits per heavy atom. The number of carbonyl (C=O) groups is 2. The van der Waals surface area contributed by atoms with E-state index in [1.807, 2.05) is 53.4 Å². The van der Waals surface area contributed by atoms with Gasteiger partial charge in [0.05, 0.1) is 16.8 Å². The van der Waals surface area contributed by atoms with Gasteiger partial charge >= 0.3 is 0 Å². The molecule has 1 saturated heterocycles. The third kappa shape index (κ3) is 5.46. The number of nitrogens with one attached hydrogen (secondary N) is 1. The molecule has 34 heavy (non-hydrogen) atoms. The number of para-hydroxylation sites is 1. The number of unbranched alkanes of at least 4 members (excludes halogenated alkanes) is 2. The van der Waals surface area contributed by atoms with Crippen LogP contribution in [0.4, 0.5) is 17.1 Å². The lowest BCUT2D eigenvalue weighted by Gasteiger charge is -2.36. The van der Waals surface area contributed by atoms with Crippen molar-refractivity contribution in [3.63, 3.8) is 0 Å². The summed E-state index contributed by atoms with van der Waals surface area (Å²) in [6.45, 7) is 3.58. The molecule has 0 unspecified atom stereocenters. The maximum Gasteiger partial charge on any atom is 0.252 e. The van der Waals surface area contributed by atoms with Crippen LogP contribution in [0.1, 0.15) is 36.0 Å². The van der Waals surface area contributed by atoms with Crippen LogP contribution < -0.4 is 21.7 Å². The molecule has 0 radical (unpaired) electrons. The van der Waals surface area contributed by atoms with E-state index < -0.39 is 5.91 Å². The number of fused-ring (bicyclic) bond motifs is 1. The van der Waals surface area contributed by atoms with Gasteiger partial charge in [-0.25, -0.2) is 0 Å². The molecule has 0 saturated carbocycles. The molecule has 2 amide bonds. The first-order chi connectivity index (χ1) is 16.6. The van der Waals surface area contributed by atoms with Crippen LogP contribution in [-0.2, 0) is 4.79 Å². The van der Waals surface area contributed by atoms with E-state index in [9.17, 15) is 9.59 Å². The number of anilines is 3. The summed E-state index contributed by atoms with van der Waals surface area (Å²) in [7, 11) is 0. The number of amides is 2. The van der Waals surface area contributed by atoms with E-state index >= 15 is 0 Å². The summed E-state index contributed by atoms with van der Waals surface area (Å²) >= 11 is 0. The minimum atomic E-state index is -0.531. The average Bonchev–Trinajstić information content (AvgIpc) is 2.87. The minimum absolute atomic E-state index is 0.222. The molecule has 2 aromatic carbocycles. The van der Waals surface area contributed by atoms with E-state index in [4.69, 9.17) is 11.5 Å². The third-order valence-corrected chi connectivity index (χ3v) is 6.25. The van der Waals surface area contributed by atoms with Crippen LogP contribution in [0.3, 0.4) is 0 Å². The van der Waals surface area contributed by atoms with Crippen molar-refractivity contribution in [3.8, 4) is 0 Å². The average molecular weight is 461 g/mol. The summed E-state index contributed by atoms with van der Waals surface area (Å²) in [5, 5.41) is 4.19. The molecule has 1 aliphatic rings. The summed E-state index contributed by atoms with van der Waals surface area (Å²) in [5.41, 5.74) is 14.9. The molecular formula is C26H32N6O2. The molecular weight excluding hydrogens is 428 g/mol. The van der Waals surface area contributed by atoms with Crippen LogP contribution in [0.15, 0.2) is 54.7 Å². The van der Waals surface area contributed by atoms with Gasteiger partial charge in [-0.05, 0) is 49.7 Å². The number of rotatable bonds is 9. The lowest BCUT2D eigenvalue weighted by atomic mass is 10.1. The van der Waals surface area contributed by atoms with Gasteiger partial charge < -0.3 is 26.6 Å².